The van der Waals surface area contributed by atoms with Crippen LogP contribution in [0.4, 0.5) is 0 Å². The van der Waals surface area contributed by atoms with Crippen molar-refractivity contribution in [3.05, 3.63) is 35.0 Å². The second kappa shape index (κ2) is 7.53. The molecule has 0 saturated heterocycles. The van der Waals surface area contributed by atoms with Gasteiger partial charge in [-0.15, -0.1) is 0 Å². The summed E-state index contributed by atoms with van der Waals surface area (Å²) >= 11 is 5.37. The van der Waals surface area contributed by atoms with E-state index in [1.54, 1.807) is 32.1 Å². The zero-order chi connectivity index (χ0) is 17.9. The molecule has 0 saturated carbocycles. The first-order valence-corrected chi connectivity index (χ1v) is 7.99. The quantitative estimate of drug-likeness (QED) is 0.646. The summed E-state index contributed by atoms with van der Waals surface area (Å²) in [6.45, 7) is 3.94. The van der Waals surface area contributed by atoms with Crippen LogP contribution >= 0.6 is 12.2 Å². The third kappa shape index (κ3) is 3.31. The highest BCUT2D eigenvalue weighted by Crippen LogP contribution is 2.35. The van der Waals surface area contributed by atoms with Gasteiger partial charge in [-0.1, -0.05) is 6.07 Å². The van der Waals surface area contributed by atoms with Crippen molar-refractivity contribution in [1.29, 1.82) is 0 Å². The van der Waals surface area contributed by atoms with Crippen LogP contribution in [0.15, 0.2) is 29.5 Å². The van der Waals surface area contributed by atoms with Crippen LogP contribution in [0.5, 0.6) is 11.5 Å². The molecule has 1 N–H and O–H groups in total. The summed E-state index contributed by atoms with van der Waals surface area (Å²) in [7, 11) is 4.96. The Morgan fingerprint density at radius 2 is 1.96 bits per heavy atom. The zero-order valence-electron chi connectivity index (χ0n) is 14.5. The van der Waals surface area contributed by atoms with E-state index >= 15 is 0 Å². The fraction of sp³-hybridized carbons (Fsp3) is 0.412. The van der Waals surface area contributed by atoms with Gasteiger partial charge in [0, 0.05) is 12.7 Å². The number of hydrogen-bond acceptors (Lipinski definition) is 5. The number of allylic oxidation sites excluding steroid dienone is 1. The number of nitrogens with one attached hydrogen (secondary N) is 1. The van der Waals surface area contributed by atoms with Gasteiger partial charge in [-0.2, -0.15) is 0 Å². The van der Waals surface area contributed by atoms with Crippen LogP contribution in [0.2, 0.25) is 0 Å². The second-order valence-corrected chi connectivity index (χ2v) is 5.66. The average molecular weight is 350 g/mol. The summed E-state index contributed by atoms with van der Waals surface area (Å²) in [6, 6.07) is 5.10. The first kappa shape index (κ1) is 18.1. The molecule has 1 atom stereocenters. The minimum atomic E-state index is -0.410. The van der Waals surface area contributed by atoms with Crippen LogP contribution in [-0.4, -0.2) is 43.9 Å². The number of hydrogen-bond donors (Lipinski definition) is 1. The summed E-state index contributed by atoms with van der Waals surface area (Å²) in [5.74, 6) is 0.842. The van der Waals surface area contributed by atoms with Crippen molar-refractivity contribution < 1.29 is 19.0 Å². The molecule has 0 bridgehead atoms. The van der Waals surface area contributed by atoms with E-state index in [4.69, 9.17) is 26.4 Å². The molecule has 1 aromatic rings. The maximum atomic E-state index is 12.5. The van der Waals surface area contributed by atoms with Crippen LogP contribution < -0.4 is 14.8 Å². The number of rotatable bonds is 5. The molecule has 7 heteroatoms. The van der Waals surface area contributed by atoms with Gasteiger partial charge < -0.3 is 24.4 Å². The number of carbonyl (C=O) groups excluding carboxylic acids is 1. The lowest BCUT2D eigenvalue weighted by molar-refractivity contribution is -0.139. The molecule has 24 heavy (non-hydrogen) atoms. The Kier molecular flexibility index (Phi) is 5.66. The van der Waals surface area contributed by atoms with Crippen molar-refractivity contribution in [2.75, 3.05) is 27.9 Å². The molecule has 130 valence electrons. The Hall–Kier alpha value is -2.28. The topological polar surface area (TPSA) is 60.0 Å². The molecule has 1 aliphatic rings. The Morgan fingerprint density at radius 1 is 1.29 bits per heavy atom. The average Bonchev–Trinajstić information content (AvgIpc) is 2.58. The van der Waals surface area contributed by atoms with Crippen LogP contribution in [0.25, 0.3) is 0 Å². The Morgan fingerprint density at radius 3 is 2.54 bits per heavy atom. The molecule has 0 aromatic heterocycles. The lowest BCUT2D eigenvalue weighted by Gasteiger charge is -2.35. The summed E-state index contributed by atoms with van der Waals surface area (Å²) in [4.78, 5) is 14.2. The standard InChI is InChI=1S/C17H22N2O4S/c1-6-23-16(20)14-10(2)19(3)17(24)18-15(14)11-7-8-12(21-4)13(9-11)22-5/h7-9,15H,6H2,1-5H3,(H,18,24). The molecule has 1 unspecified atom stereocenters. The summed E-state index contributed by atoms with van der Waals surface area (Å²) < 4.78 is 15.9. The Balaban J connectivity index is 2.53. The van der Waals surface area contributed by atoms with Gasteiger partial charge in [0.1, 0.15) is 0 Å². The molecule has 0 aliphatic carbocycles. The highest BCUT2D eigenvalue weighted by molar-refractivity contribution is 7.80. The second-order valence-electron chi connectivity index (χ2n) is 5.28. The Bertz CT molecular complexity index is 687. The molecule has 0 spiro atoms. The van der Waals surface area contributed by atoms with E-state index in [1.165, 1.54) is 0 Å². The van der Waals surface area contributed by atoms with Gasteiger partial charge in [-0.3, -0.25) is 0 Å². The predicted octanol–water partition coefficient (Wildman–Crippen LogP) is 2.40. The van der Waals surface area contributed by atoms with Crippen molar-refractivity contribution in [3.8, 4) is 11.5 Å². The predicted molar refractivity (Wildman–Crippen MR) is 95.1 cm³/mol. The number of carbonyl (C=O) groups is 1. The van der Waals surface area contributed by atoms with Crippen LogP contribution in [0.3, 0.4) is 0 Å². The smallest absolute Gasteiger partial charge is 0.338 e. The molecule has 2 rings (SSSR count). The van der Waals surface area contributed by atoms with Crippen LogP contribution in [0, 0.1) is 0 Å². The van der Waals surface area contributed by atoms with Crippen LogP contribution in [-0.2, 0) is 9.53 Å². The molecule has 1 aromatic carbocycles. The molecular formula is C17H22N2O4S. The summed E-state index contributed by atoms with van der Waals surface area (Å²) in [6.07, 6.45) is 0. The van der Waals surface area contributed by atoms with Gasteiger partial charge in [0.25, 0.3) is 0 Å². The number of benzene rings is 1. The van der Waals surface area contributed by atoms with E-state index in [0.717, 1.165) is 11.3 Å². The number of ether oxygens (including phenoxy) is 3. The fourth-order valence-corrected chi connectivity index (χ4v) is 2.85. The van der Waals surface area contributed by atoms with E-state index in [-0.39, 0.29) is 5.97 Å². The lowest BCUT2D eigenvalue weighted by atomic mass is 9.95. The van der Waals surface area contributed by atoms with E-state index < -0.39 is 6.04 Å². The van der Waals surface area contributed by atoms with Gasteiger partial charge >= 0.3 is 5.97 Å². The number of thiocarbonyl (C=S) groups is 1. The SMILES string of the molecule is CCOC(=O)C1=C(C)N(C)C(=S)NC1c1ccc(OC)c(OC)c1. The van der Waals surface area contributed by atoms with Gasteiger partial charge in [-0.05, 0) is 43.8 Å². The van der Waals surface area contributed by atoms with Gasteiger partial charge in [-0.25, -0.2) is 4.79 Å². The minimum Gasteiger partial charge on any atom is -0.493 e. The summed E-state index contributed by atoms with van der Waals surface area (Å²) in [5.41, 5.74) is 2.13. The normalized spacial score (nSPS) is 17.5. The molecule has 0 radical (unpaired) electrons. The highest BCUT2D eigenvalue weighted by atomic mass is 32.1. The zero-order valence-corrected chi connectivity index (χ0v) is 15.3. The van der Waals surface area contributed by atoms with Crippen molar-refractivity contribution >= 4 is 23.3 Å². The third-order valence-electron chi connectivity index (χ3n) is 3.99. The molecule has 6 nitrogen and oxygen atoms in total. The molecular weight excluding hydrogens is 328 g/mol. The van der Waals surface area contributed by atoms with E-state index in [0.29, 0.717) is 28.8 Å². The first-order chi connectivity index (χ1) is 11.4. The molecule has 0 fully saturated rings. The maximum absolute atomic E-state index is 12.5. The van der Waals surface area contributed by atoms with Crippen molar-refractivity contribution in [1.82, 2.24) is 10.2 Å². The molecule has 0 amide bonds. The van der Waals surface area contributed by atoms with Gasteiger partial charge in [0.15, 0.2) is 16.6 Å². The van der Waals surface area contributed by atoms with E-state index in [1.807, 2.05) is 26.1 Å². The highest BCUT2D eigenvalue weighted by Gasteiger charge is 2.33. The maximum Gasteiger partial charge on any atom is 0.338 e. The number of nitrogens with zero attached hydrogens (tertiary/aromatic N) is 1. The lowest BCUT2D eigenvalue weighted by Crippen LogP contribution is -2.46. The van der Waals surface area contributed by atoms with Gasteiger partial charge in [0.2, 0.25) is 0 Å². The molecule has 1 heterocycles. The largest absolute Gasteiger partial charge is 0.493 e. The number of methoxy groups -OCH3 is 2. The number of esters is 1. The summed E-state index contributed by atoms with van der Waals surface area (Å²) in [5, 5.41) is 3.74. The van der Waals surface area contributed by atoms with Crippen molar-refractivity contribution in [2.24, 2.45) is 0 Å². The van der Waals surface area contributed by atoms with Crippen LogP contribution in [0.1, 0.15) is 25.5 Å². The Labute approximate surface area is 147 Å². The van der Waals surface area contributed by atoms with Gasteiger partial charge in [0.05, 0.1) is 32.4 Å². The van der Waals surface area contributed by atoms with E-state index in [9.17, 15) is 4.79 Å². The monoisotopic (exact) mass is 350 g/mol. The fourth-order valence-electron chi connectivity index (χ4n) is 2.59. The first-order valence-electron chi connectivity index (χ1n) is 7.58. The van der Waals surface area contributed by atoms with Crippen molar-refractivity contribution in [2.45, 2.75) is 19.9 Å². The van der Waals surface area contributed by atoms with Crippen molar-refractivity contribution in [3.63, 3.8) is 0 Å². The minimum absolute atomic E-state index is 0.308. The van der Waals surface area contributed by atoms with E-state index in [2.05, 4.69) is 5.32 Å². The third-order valence-corrected chi connectivity index (χ3v) is 4.38. The molecule has 1 aliphatic heterocycles.